The Balaban J connectivity index is 0. The van der Waals surface area contributed by atoms with Crippen molar-refractivity contribution in [1.82, 2.24) is 0 Å². The first-order chi connectivity index (χ1) is 7.47. The lowest BCUT2D eigenvalue weighted by Crippen LogP contribution is -2.17. The summed E-state index contributed by atoms with van der Waals surface area (Å²) in [5, 5.41) is 8.76. The van der Waals surface area contributed by atoms with Gasteiger partial charge in [-0.25, -0.2) is 0 Å². The Kier molecular flexibility index (Phi) is 16.3. The van der Waals surface area contributed by atoms with Gasteiger partial charge >= 0.3 is 8.25 Å². The monoisotopic (exact) mass is 296 g/mol. The Morgan fingerprint density at radius 1 is 1.38 bits per heavy atom. The topological polar surface area (TPSA) is 65.0 Å². The van der Waals surface area contributed by atoms with Gasteiger partial charge in [-0.3, -0.25) is 9.09 Å². The molecular formula is C8H19Cl2O5P. The molecule has 0 aromatic heterocycles. The standard InChI is InChI=1S/C6H14ClO5P.C2H5Cl/c1-5(8)11-6(2)12-13(9)10-4-3-7;1-2-3/h5-6,8,13H,3-4H2,1-2H3;2H2,1H3. The van der Waals surface area contributed by atoms with E-state index in [2.05, 4.69) is 4.52 Å². The molecule has 0 aromatic carbocycles. The highest BCUT2D eigenvalue weighted by Gasteiger charge is 2.09. The number of alkyl halides is 2. The molecule has 3 unspecified atom stereocenters. The zero-order chi connectivity index (χ0) is 13.0. The zero-order valence-electron chi connectivity index (χ0n) is 9.61. The summed E-state index contributed by atoms with van der Waals surface area (Å²) >= 11 is 10.3. The molecule has 0 aliphatic rings. The van der Waals surface area contributed by atoms with E-state index in [-0.39, 0.29) is 12.5 Å². The van der Waals surface area contributed by atoms with Gasteiger partial charge in [0.15, 0.2) is 12.6 Å². The number of hydrogen-bond donors (Lipinski definition) is 1. The SMILES string of the molecule is CC(O)OC(C)O[PH](=O)OCCCl.CCCl. The number of aliphatic hydroxyl groups excluding tert-OH is 1. The van der Waals surface area contributed by atoms with Crippen molar-refractivity contribution in [2.45, 2.75) is 33.4 Å². The normalized spacial score (nSPS) is 15.9. The molecule has 0 saturated carbocycles. The zero-order valence-corrected chi connectivity index (χ0v) is 12.1. The lowest BCUT2D eigenvalue weighted by atomic mass is 10.7. The summed E-state index contributed by atoms with van der Waals surface area (Å²) in [6.45, 7) is 5.00. The lowest BCUT2D eigenvalue weighted by molar-refractivity contribution is -0.180. The number of hydrogen-bond acceptors (Lipinski definition) is 5. The van der Waals surface area contributed by atoms with Crippen molar-refractivity contribution < 1.29 is 23.5 Å². The van der Waals surface area contributed by atoms with Gasteiger partial charge in [-0.05, 0) is 13.8 Å². The maximum atomic E-state index is 10.9. The predicted molar refractivity (Wildman–Crippen MR) is 65.4 cm³/mol. The molecule has 0 heterocycles. The van der Waals surface area contributed by atoms with Crippen LogP contribution in [0.25, 0.3) is 0 Å². The van der Waals surface area contributed by atoms with Crippen molar-refractivity contribution in [2.24, 2.45) is 0 Å². The first-order valence-electron chi connectivity index (χ1n) is 4.76. The van der Waals surface area contributed by atoms with Crippen LogP contribution in [0.1, 0.15) is 20.8 Å². The summed E-state index contributed by atoms with van der Waals surface area (Å²) in [5.41, 5.74) is 0. The predicted octanol–water partition coefficient (Wildman–Crippen LogP) is 2.59. The maximum Gasteiger partial charge on any atom is 0.321 e. The van der Waals surface area contributed by atoms with E-state index in [0.29, 0.717) is 0 Å². The second-order valence-electron chi connectivity index (χ2n) is 2.48. The fourth-order valence-electron chi connectivity index (χ4n) is 0.597. The lowest BCUT2D eigenvalue weighted by Gasteiger charge is -2.14. The first kappa shape index (κ1) is 19.0. The van der Waals surface area contributed by atoms with Gasteiger partial charge in [-0.2, -0.15) is 0 Å². The minimum absolute atomic E-state index is 0.167. The van der Waals surface area contributed by atoms with E-state index in [1.54, 1.807) is 0 Å². The van der Waals surface area contributed by atoms with E-state index < -0.39 is 20.8 Å². The highest BCUT2D eigenvalue weighted by molar-refractivity contribution is 7.33. The molecule has 0 aliphatic carbocycles. The minimum atomic E-state index is -2.57. The van der Waals surface area contributed by atoms with E-state index in [9.17, 15) is 4.57 Å². The van der Waals surface area contributed by atoms with Gasteiger partial charge in [0.05, 0.1) is 6.61 Å². The summed E-state index contributed by atoms with van der Waals surface area (Å²) in [7, 11) is -2.57. The Morgan fingerprint density at radius 2 is 1.88 bits per heavy atom. The summed E-state index contributed by atoms with van der Waals surface area (Å²) < 4.78 is 25.1. The van der Waals surface area contributed by atoms with E-state index in [0.717, 1.165) is 5.88 Å². The average molecular weight is 297 g/mol. The van der Waals surface area contributed by atoms with Crippen molar-refractivity contribution >= 4 is 31.5 Å². The molecule has 1 N–H and O–H groups in total. The summed E-state index contributed by atoms with van der Waals surface area (Å²) in [4.78, 5) is 0. The molecule has 0 amide bonds. The van der Waals surface area contributed by atoms with Crippen LogP contribution in [0.15, 0.2) is 0 Å². The van der Waals surface area contributed by atoms with Crippen LogP contribution in [0.5, 0.6) is 0 Å². The van der Waals surface area contributed by atoms with Crippen LogP contribution in [-0.4, -0.2) is 36.1 Å². The Labute approximate surface area is 107 Å². The van der Waals surface area contributed by atoms with Crippen LogP contribution >= 0.6 is 31.5 Å². The van der Waals surface area contributed by atoms with Gasteiger partial charge in [-0.1, -0.05) is 6.92 Å². The van der Waals surface area contributed by atoms with Crippen LogP contribution in [0, 0.1) is 0 Å². The molecule has 0 bridgehead atoms. The number of rotatable bonds is 7. The second-order valence-corrected chi connectivity index (χ2v) is 4.41. The molecule has 0 spiro atoms. The summed E-state index contributed by atoms with van der Waals surface area (Å²) in [5.74, 6) is 0.978. The second kappa shape index (κ2) is 13.7. The molecule has 0 aliphatic heterocycles. The highest BCUT2D eigenvalue weighted by atomic mass is 35.5. The molecule has 5 nitrogen and oxygen atoms in total. The van der Waals surface area contributed by atoms with Crippen molar-refractivity contribution in [2.75, 3.05) is 18.4 Å². The van der Waals surface area contributed by atoms with Crippen LogP contribution < -0.4 is 0 Å². The van der Waals surface area contributed by atoms with Gasteiger partial charge in [0.2, 0.25) is 0 Å². The van der Waals surface area contributed by atoms with Crippen molar-refractivity contribution in [3.63, 3.8) is 0 Å². The van der Waals surface area contributed by atoms with Gasteiger partial charge in [0.25, 0.3) is 0 Å². The molecular weight excluding hydrogens is 278 g/mol. The van der Waals surface area contributed by atoms with Crippen molar-refractivity contribution in [3.8, 4) is 0 Å². The molecule has 100 valence electrons. The molecule has 8 heteroatoms. The third kappa shape index (κ3) is 17.1. The minimum Gasteiger partial charge on any atom is -0.368 e. The fourth-order valence-corrected chi connectivity index (χ4v) is 1.47. The smallest absolute Gasteiger partial charge is 0.321 e. The van der Waals surface area contributed by atoms with Crippen LogP contribution in [0.2, 0.25) is 0 Å². The Hall–Kier alpha value is 0.650. The number of aliphatic hydroxyl groups is 1. The molecule has 0 rings (SSSR count). The molecule has 0 saturated heterocycles. The third-order valence-electron chi connectivity index (χ3n) is 0.948. The van der Waals surface area contributed by atoms with Gasteiger partial charge in [-0.15, -0.1) is 23.2 Å². The average Bonchev–Trinajstić information content (AvgIpc) is 2.14. The van der Waals surface area contributed by atoms with Crippen molar-refractivity contribution in [1.29, 1.82) is 0 Å². The van der Waals surface area contributed by atoms with Crippen LogP contribution in [0.3, 0.4) is 0 Å². The summed E-state index contributed by atoms with van der Waals surface area (Å²) in [6.07, 6.45) is -1.72. The molecule has 3 atom stereocenters. The molecule has 0 radical (unpaired) electrons. The van der Waals surface area contributed by atoms with Gasteiger partial charge in [0.1, 0.15) is 0 Å². The molecule has 0 fully saturated rings. The van der Waals surface area contributed by atoms with Gasteiger partial charge < -0.3 is 14.4 Å². The Bertz CT molecular complexity index is 171. The number of ether oxygens (including phenoxy) is 1. The number of halogens is 2. The third-order valence-corrected chi connectivity index (χ3v) is 2.07. The fraction of sp³-hybridized carbons (Fsp3) is 1.00. The van der Waals surface area contributed by atoms with E-state index in [1.807, 2.05) is 6.92 Å². The van der Waals surface area contributed by atoms with E-state index >= 15 is 0 Å². The summed E-state index contributed by atoms with van der Waals surface area (Å²) in [6, 6.07) is 0. The highest BCUT2D eigenvalue weighted by Crippen LogP contribution is 2.26. The van der Waals surface area contributed by atoms with Crippen LogP contribution in [-0.2, 0) is 18.3 Å². The molecule has 16 heavy (non-hydrogen) atoms. The van der Waals surface area contributed by atoms with Gasteiger partial charge in [0, 0.05) is 11.8 Å². The van der Waals surface area contributed by atoms with Crippen LogP contribution in [0.4, 0.5) is 0 Å². The molecule has 0 aromatic rings. The largest absolute Gasteiger partial charge is 0.368 e. The Morgan fingerprint density at radius 3 is 2.25 bits per heavy atom. The maximum absolute atomic E-state index is 10.9. The van der Waals surface area contributed by atoms with Crippen molar-refractivity contribution in [3.05, 3.63) is 0 Å². The first-order valence-corrected chi connectivity index (χ1v) is 7.06. The quantitative estimate of drug-likeness (QED) is 0.444. The van der Waals surface area contributed by atoms with E-state index in [4.69, 9.17) is 37.6 Å². The van der Waals surface area contributed by atoms with E-state index in [1.165, 1.54) is 13.8 Å².